The van der Waals surface area contributed by atoms with E-state index in [9.17, 15) is 4.79 Å². The Kier molecular flexibility index (Phi) is 4.90. The molecule has 20 heavy (non-hydrogen) atoms. The largest absolute Gasteiger partial charge is 0.355 e. The Hall–Kier alpha value is -2.14. The smallest absolute Gasteiger partial charge is 0.251 e. The minimum Gasteiger partial charge on any atom is -0.355 e. The number of rotatable bonds is 6. The fourth-order valence-corrected chi connectivity index (χ4v) is 1.96. The van der Waals surface area contributed by atoms with E-state index in [1.807, 2.05) is 41.2 Å². The fraction of sp³-hybridized carbons (Fsp3) is 0.333. The van der Waals surface area contributed by atoms with Crippen molar-refractivity contribution in [3.05, 3.63) is 53.9 Å². The van der Waals surface area contributed by atoms with Gasteiger partial charge in [0.25, 0.3) is 5.91 Å². The second-order valence-electron chi connectivity index (χ2n) is 4.79. The molecule has 1 heterocycles. The Balaban J connectivity index is 1.83. The van der Waals surface area contributed by atoms with Gasteiger partial charge in [0.2, 0.25) is 0 Å². The monoisotopic (exact) mass is 272 g/mol. The highest BCUT2D eigenvalue weighted by molar-refractivity contribution is 5.93. The first-order chi connectivity index (χ1) is 9.69. The third kappa shape index (κ3) is 3.93. The summed E-state index contributed by atoms with van der Waals surface area (Å²) in [6.45, 7) is 3.74. The number of aromatic nitrogens is 2. The average molecular weight is 272 g/mol. The summed E-state index contributed by atoms with van der Waals surface area (Å²) in [5.74, 6) is -0.0587. The zero-order valence-electron chi connectivity index (χ0n) is 11.8. The van der Waals surface area contributed by atoms with Crippen LogP contribution in [-0.2, 0) is 13.1 Å². The lowest BCUT2D eigenvalue weighted by molar-refractivity contribution is 0.0963. The van der Waals surface area contributed by atoms with E-state index < -0.39 is 0 Å². The lowest BCUT2D eigenvalue weighted by Crippen LogP contribution is -2.30. The number of hydrogen-bond donors (Lipinski definition) is 2. The predicted octanol–water partition coefficient (Wildman–Crippen LogP) is 1.42. The number of carbonyl (C=O) groups is 1. The van der Waals surface area contributed by atoms with Crippen LogP contribution >= 0.6 is 0 Å². The Morgan fingerprint density at radius 1 is 1.35 bits per heavy atom. The standard InChI is InChI=1S/C15H20N4O/c1-12(11-19-9-3-8-18-19)17-10-13-4-6-14(7-5-13)15(20)16-2/h3-9,12,17H,10-11H2,1-2H3,(H,16,20). The van der Waals surface area contributed by atoms with E-state index >= 15 is 0 Å². The van der Waals surface area contributed by atoms with Gasteiger partial charge in [0, 0.05) is 37.6 Å². The molecule has 5 heteroatoms. The lowest BCUT2D eigenvalue weighted by atomic mass is 10.1. The zero-order valence-corrected chi connectivity index (χ0v) is 11.8. The number of nitrogens with one attached hydrogen (secondary N) is 2. The first kappa shape index (κ1) is 14.3. The number of amides is 1. The van der Waals surface area contributed by atoms with Crippen LogP contribution in [-0.4, -0.2) is 28.8 Å². The average Bonchev–Trinajstić information content (AvgIpc) is 2.97. The molecule has 0 saturated heterocycles. The molecule has 0 aliphatic carbocycles. The van der Waals surface area contributed by atoms with Crippen LogP contribution in [0.1, 0.15) is 22.8 Å². The van der Waals surface area contributed by atoms with E-state index in [-0.39, 0.29) is 5.91 Å². The molecule has 0 aliphatic heterocycles. The number of carbonyl (C=O) groups excluding carboxylic acids is 1. The van der Waals surface area contributed by atoms with Gasteiger partial charge in [-0.1, -0.05) is 12.1 Å². The van der Waals surface area contributed by atoms with Crippen molar-refractivity contribution in [2.45, 2.75) is 26.1 Å². The third-order valence-electron chi connectivity index (χ3n) is 3.12. The summed E-state index contributed by atoms with van der Waals surface area (Å²) in [6.07, 6.45) is 3.74. The van der Waals surface area contributed by atoms with Gasteiger partial charge in [0.15, 0.2) is 0 Å². The fourth-order valence-electron chi connectivity index (χ4n) is 1.96. The van der Waals surface area contributed by atoms with Crippen molar-refractivity contribution in [1.29, 1.82) is 0 Å². The molecule has 0 aliphatic rings. The molecule has 0 saturated carbocycles. The van der Waals surface area contributed by atoms with Crippen molar-refractivity contribution in [2.75, 3.05) is 7.05 Å². The maximum Gasteiger partial charge on any atom is 0.251 e. The number of benzene rings is 1. The van der Waals surface area contributed by atoms with E-state index in [0.717, 1.165) is 18.7 Å². The minimum atomic E-state index is -0.0587. The Morgan fingerprint density at radius 3 is 2.70 bits per heavy atom. The quantitative estimate of drug-likeness (QED) is 0.836. The summed E-state index contributed by atoms with van der Waals surface area (Å²) in [7, 11) is 1.63. The van der Waals surface area contributed by atoms with Crippen molar-refractivity contribution in [3.8, 4) is 0 Å². The highest BCUT2D eigenvalue weighted by Crippen LogP contribution is 2.04. The first-order valence-electron chi connectivity index (χ1n) is 6.71. The second-order valence-corrected chi connectivity index (χ2v) is 4.79. The van der Waals surface area contributed by atoms with Crippen LogP contribution in [0.4, 0.5) is 0 Å². The van der Waals surface area contributed by atoms with Gasteiger partial charge < -0.3 is 10.6 Å². The molecule has 1 aromatic heterocycles. The summed E-state index contributed by atoms with van der Waals surface area (Å²) in [5.41, 5.74) is 1.84. The van der Waals surface area contributed by atoms with Crippen LogP contribution in [0, 0.1) is 0 Å². The minimum absolute atomic E-state index is 0.0587. The Morgan fingerprint density at radius 2 is 2.10 bits per heavy atom. The second kappa shape index (κ2) is 6.86. The Labute approximate surface area is 119 Å². The summed E-state index contributed by atoms with van der Waals surface area (Å²) < 4.78 is 1.91. The molecule has 1 unspecified atom stereocenters. The number of nitrogens with zero attached hydrogens (tertiary/aromatic N) is 2. The normalized spacial score (nSPS) is 12.1. The summed E-state index contributed by atoms with van der Waals surface area (Å²) >= 11 is 0. The molecular formula is C15H20N4O. The van der Waals surface area contributed by atoms with Crippen LogP contribution < -0.4 is 10.6 Å². The predicted molar refractivity (Wildman–Crippen MR) is 78.4 cm³/mol. The van der Waals surface area contributed by atoms with Gasteiger partial charge in [0.05, 0.1) is 6.54 Å². The summed E-state index contributed by atoms with van der Waals surface area (Å²) in [6, 6.07) is 9.87. The van der Waals surface area contributed by atoms with E-state index in [4.69, 9.17) is 0 Å². The van der Waals surface area contributed by atoms with Gasteiger partial charge in [-0.25, -0.2) is 0 Å². The number of hydrogen-bond acceptors (Lipinski definition) is 3. The molecule has 0 spiro atoms. The molecule has 0 fully saturated rings. The van der Waals surface area contributed by atoms with E-state index in [1.54, 1.807) is 13.2 Å². The third-order valence-corrected chi connectivity index (χ3v) is 3.12. The molecule has 1 aromatic carbocycles. The lowest BCUT2D eigenvalue weighted by Gasteiger charge is -2.14. The summed E-state index contributed by atoms with van der Waals surface area (Å²) in [4.78, 5) is 11.4. The molecule has 2 rings (SSSR count). The molecule has 2 N–H and O–H groups in total. The highest BCUT2D eigenvalue weighted by atomic mass is 16.1. The van der Waals surface area contributed by atoms with Crippen molar-refractivity contribution >= 4 is 5.91 Å². The van der Waals surface area contributed by atoms with Crippen LogP contribution in [0.5, 0.6) is 0 Å². The van der Waals surface area contributed by atoms with Gasteiger partial charge in [-0.15, -0.1) is 0 Å². The van der Waals surface area contributed by atoms with Crippen LogP contribution in [0.2, 0.25) is 0 Å². The van der Waals surface area contributed by atoms with E-state index in [1.165, 1.54) is 0 Å². The molecule has 5 nitrogen and oxygen atoms in total. The molecule has 1 atom stereocenters. The van der Waals surface area contributed by atoms with Crippen molar-refractivity contribution in [2.24, 2.45) is 0 Å². The molecule has 0 radical (unpaired) electrons. The molecule has 2 aromatic rings. The van der Waals surface area contributed by atoms with Crippen molar-refractivity contribution < 1.29 is 4.79 Å². The molecular weight excluding hydrogens is 252 g/mol. The topological polar surface area (TPSA) is 59.0 Å². The molecule has 1 amide bonds. The summed E-state index contributed by atoms with van der Waals surface area (Å²) in [5, 5.41) is 10.2. The van der Waals surface area contributed by atoms with E-state index in [0.29, 0.717) is 11.6 Å². The Bertz CT molecular complexity index is 534. The highest BCUT2D eigenvalue weighted by Gasteiger charge is 2.05. The maximum atomic E-state index is 11.4. The van der Waals surface area contributed by atoms with Crippen LogP contribution in [0.15, 0.2) is 42.7 Å². The van der Waals surface area contributed by atoms with Gasteiger partial charge in [-0.3, -0.25) is 9.48 Å². The van der Waals surface area contributed by atoms with Crippen molar-refractivity contribution in [3.63, 3.8) is 0 Å². The molecule has 106 valence electrons. The molecule has 0 bridgehead atoms. The van der Waals surface area contributed by atoms with Gasteiger partial charge in [-0.05, 0) is 30.7 Å². The van der Waals surface area contributed by atoms with Crippen LogP contribution in [0.25, 0.3) is 0 Å². The van der Waals surface area contributed by atoms with Crippen LogP contribution in [0.3, 0.4) is 0 Å². The van der Waals surface area contributed by atoms with Crippen molar-refractivity contribution in [1.82, 2.24) is 20.4 Å². The van der Waals surface area contributed by atoms with E-state index in [2.05, 4.69) is 22.7 Å². The zero-order chi connectivity index (χ0) is 14.4. The van der Waals surface area contributed by atoms with Gasteiger partial charge in [0.1, 0.15) is 0 Å². The maximum absolute atomic E-state index is 11.4. The SMILES string of the molecule is CNC(=O)c1ccc(CNC(C)Cn2cccn2)cc1. The first-order valence-corrected chi connectivity index (χ1v) is 6.71. The van der Waals surface area contributed by atoms with Gasteiger partial charge >= 0.3 is 0 Å². The van der Waals surface area contributed by atoms with Gasteiger partial charge in [-0.2, -0.15) is 5.10 Å².